The van der Waals surface area contributed by atoms with Crippen LogP contribution in [0.15, 0.2) is 42.5 Å². The molecule has 2 N–H and O–H groups in total. The number of carboxylic acid groups (broad SMARTS) is 1. The van der Waals surface area contributed by atoms with Crippen LogP contribution in [0.5, 0.6) is 11.5 Å². The predicted octanol–water partition coefficient (Wildman–Crippen LogP) is 4.60. The van der Waals surface area contributed by atoms with Crippen molar-refractivity contribution in [2.45, 2.75) is 46.1 Å². The number of benzene rings is 2. The van der Waals surface area contributed by atoms with Crippen molar-refractivity contribution in [3.8, 4) is 11.5 Å². The Labute approximate surface area is 165 Å². The summed E-state index contributed by atoms with van der Waals surface area (Å²) < 4.78 is 5.90. The molecule has 0 radical (unpaired) electrons. The number of amides is 1. The zero-order chi connectivity index (χ0) is 20.1. The molecule has 1 fully saturated rings. The van der Waals surface area contributed by atoms with E-state index in [-0.39, 0.29) is 5.91 Å². The second-order valence-electron chi connectivity index (χ2n) is 7.62. The molecule has 2 aromatic carbocycles. The summed E-state index contributed by atoms with van der Waals surface area (Å²) in [4.78, 5) is 23.8. The molecular weight excluding hydrogens is 354 g/mol. The normalized spacial score (nSPS) is 19.1. The third-order valence-electron chi connectivity index (χ3n) is 5.24. The minimum atomic E-state index is -0.868. The Kier molecular flexibility index (Phi) is 6.34. The summed E-state index contributed by atoms with van der Waals surface area (Å²) in [6.45, 7) is 4.45. The van der Waals surface area contributed by atoms with Gasteiger partial charge in [0, 0.05) is 6.54 Å². The fourth-order valence-electron chi connectivity index (χ4n) is 3.86. The van der Waals surface area contributed by atoms with Gasteiger partial charge in [-0.15, -0.1) is 0 Å². The molecule has 0 spiro atoms. The maximum absolute atomic E-state index is 12.5. The number of rotatable bonds is 6. The molecule has 2 unspecified atom stereocenters. The number of hydrogen-bond donors (Lipinski definition) is 2. The van der Waals surface area contributed by atoms with Gasteiger partial charge in [0.15, 0.2) is 0 Å². The molecule has 2 aromatic rings. The van der Waals surface area contributed by atoms with E-state index in [9.17, 15) is 14.7 Å². The molecule has 1 aliphatic carbocycles. The van der Waals surface area contributed by atoms with E-state index in [0.29, 0.717) is 19.4 Å². The van der Waals surface area contributed by atoms with Gasteiger partial charge in [0.2, 0.25) is 5.91 Å². The minimum Gasteiger partial charge on any atom is -0.481 e. The fraction of sp³-hybridized carbons (Fsp3) is 0.391. The van der Waals surface area contributed by atoms with Crippen molar-refractivity contribution >= 4 is 11.9 Å². The van der Waals surface area contributed by atoms with Crippen LogP contribution in [0.2, 0.25) is 0 Å². The van der Waals surface area contributed by atoms with Crippen molar-refractivity contribution in [2.24, 2.45) is 11.8 Å². The van der Waals surface area contributed by atoms with E-state index >= 15 is 0 Å². The van der Waals surface area contributed by atoms with Crippen LogP contribution in [-0.4, -0.2) is 17.0 Å². The molecule has 5 nitrogen and oxygen atoms in total. The first kappa shape index (κ1) is 19.9. The Bertz CT molecular complexity index is 824. The summed E-state index contributed by atoms with van der Waals surface area (Å²) in [6.07, 6.45) is 3.01. The van der Waals surface area contributed by atoms with E-state index in [1.54, 1.807) is 0 Å². The highest BCUT2D eigenvalue weighted by Gasteiger charge is 2.35. The van der Waals surface area contributed by atoms with Crippen molar-refractivity contribution < 1.29 is 19.4 Å². The smallest absolute Gasteiger partial charge is 0.307 e. The fourth-order valence-corrected chi connectivity index (χ4v) is 3.86. The average molecular weight is 381 g/mol. The van der Waals surface area contributed by atoms with Gasteiger partial charge in [-0.3, -0.25) is 9.59 Å². The molecule has 1 aliphatic rings. The second kappa shape index (κ2) is 8.91. The highest BCUT2D eigenvalue weighted by atomic mass is 16.5. The topological polar surface area (TPSA) is 75.6 Å². The van der Waals surface area contributed by atoms with E-state index in [0.717, 1.165) is 41.0 Å². The number of hydrogen-bond acceptors (Lipinski definition) is 3. The molecule has 0 aliphatic heterocycles. The van der Waals surface area contributed by atoms with Gasteiger partial charge in [-0.25, -0.2) is 0 Å². The molecule has 1 amide bonds. The van der Waals surface area contributed by atoms with Gasteiger partial charge in [0.05, 0.1) is 11.8 Å². The lowest BCUT2D eigenvalue weighted by molar-refractivity contribution is -0.148. The van der Waals surface area contributed by atoms with Crippen molar-refractivity contribution in [3.63, 3.8) is 0 Å². The first-order valence-electron chi connectivity index (χ1n) is 9.78. The Hall–Kier alpha value is -2.82. The summed E-state index contributed by atoms with van der Waals surface area (Å²) in [5, 5.41) is 12.2. The lowest BCUT2D eigenvalue weighted by Crippen LogP contribution is -2.39. The molecule has 28 heavy (non-hydrogen) atoms. The van der Waals surface area contributed by atoms with Gasteiger partial charge >= 0.3 is 5.97 Å². The van der Waals surface area contributed by atoms with E-state index in [2.05, 4.69) is 11.4 Å². The van der Waals surface area contributed by atoms with Crippen LogP contribution in [-0.2, 0) is 16.1 Å². The summed E-state index contributed by atoms with van der Waals surface area (Å²) in [5.74, 6) is -0.495. The average Bonchev–Trinajstić information content (AvgIpc) is 2.66. The Balaban J connectivity index is 1.56. The van der Waals surface area contributed by atoms with Crippen LogP contribution in [0.3, 0.4) is 0 Å². The standard InChI is InChI=1S/C23H27NO4/c1-15-11-16(2)13-19(12-15)28-18-9-7-17(8-10-18)14-24-22(25)20-5-3-4-6-21(20)23(26)27/h7-13,20-21H,3-6,14H2,1-2H3,(H,24,25)(H,26,27). The molecule has 0 bridgehead atoms. The monoisotopic (exact) mass is 381 g/mol. The molecule has 2 atom stereocenters. The van der Waals surface area contributed by atoms with Gasteiger partial charge in [-0.2, -0.15) is 0 Å². The molecule has 148 valence electrons. The zero-order valence-electron chi connectivity index (χ0n) is 16.4. The number of carboxylic acids is 1. The first-order valence-corrected chi connectivity index (χ1v) is 9.78. The van der Waals surface area contributed by atoms with E-state index in [1.165, 1.54) is 0 Å². The Morgan fingerprint density at radius 1 is 0.964 bits per heavy atom. The van der Waals surface area contributed by atoms with Gasteiger partial charge < -0.3 is 15.2 Å². The van der Waals surface area contributed by atoms with Crippen LogP contribution in [0.25, 0.3) is 0 Å². The van der Waals surface area contributed by atoms with Crippen LogP contribution in [0.1, 0.15) is 42.4 Å². The summed E-state index contributed by atoms with van der Waals surface area (Å²) in [5.41, 5.74) is 3.25. The molecule has 0 heterocycles. The SMILES string of the molecule is Cc1cc(C)cc(Oc2ccc(CNC(=O)C3CCCCC3C(=O)O)cc2)c1. The maximum atomic E-state index is 12.5. The Morgan fingerprint density at radius 3 is 2.18 bits per heavy atom. The lowest BCUT2D eigenvalue weighted by Gasteiger charge is -2.27. The number of carbonyl (C=O) groups is 2. The molecule has 0 aromatic heterocycles. The summed E-state index contributed by atoms with van der Waals surface area (Å²) >= 11 is 0. The number of carbonyl (C=O) groups excluding carboxylic acids is 1. The van der Waals surface area contributed by atoms with Crippen molar-refractivity contribution in [2.75, 3.05) is 0 Å². The highest BCUT2D eigenvalue weighted by molar-refractivity contribution is 5.84. The van der Waals surface area contributed by atoms with Crippen molar-refractivity contribution in [1.82, 2.24) is 5.32 Å². The van der Waals surface area contributed by atoms with Gasteiger partial charge in [0.1, 0.15) is 11.5 Å². The minimum absolute atomic E-state index is 0.164. The third kappa shape index (κ3) is 5.12. The van der Waals surface area contributed by atoms with Crippen LogP contribution < -0.4 is 10.1 Å². The van der Waals surface area contributed by atoms with E-state index in [4.69, 9.17) is 4.74 Å². The number of ether oxygens (including phenoxy) is 1. The molecular formula is C23H27NO4. The van der Waals surface area contributed by atoms with Crippen LogP contribution >= 0.6 is 0 Å². The van der Waals surface area contributed by atoms with Gasteiger partial charge in [0.25, 0.3) is 0 Å². The number of aryl methyl sites for hydroxylation is 2. The Morgan fingerprint density at radius 2 is 1.57 bits per heavy atom. The van der Waals surface area contributed by atoms with Crippen molar-refractivity contribution in [1.29, 1.82) is 0 Å². The van der Waals surface area contributed by atoms with Crippen molar-refractivity contribution in [3.05, 3.63) is 59.2 Å². The predicted molar refractivity (Wildman–Crippen MR) is 107 cm³/mol. The number of aliphatic carboxylic acids is 1. The van der Waals surface area contributed by atoms with Crippen LogP contribution in [0.4, 0.5) is 0 Å². The second-order valence-corrected chi connectivity index (χ2v) is 7.62. The molecule has 0 saturated heterocycles. The molecule has 1 saturated carbocycles. The first-order chi connectivity index (χ1) is 13.4. The zero-order valence-corrected chi connectivity index (χ0v) is 16.4. The summed E-state index contributed by atoms with van der Waals surface area (Å²) in [6, 6.07) is 13.6. The quantitative estimate of drug-likeness (QED) is 0.767. The van der Waals surface area contributed by atoms with E-state index < -0.39 is 17.8 Å². The maximum Gasteiger partial charge on any atom is 0.307 e. The largest absolute Gasteiger partial charge is 0.481 e. The lowest BCUT2D eigenvalue weighted by atomic mass is 9.78. The highest BCUT2D eigenvalue weighted by Crippen LogP contribution is 2.30. The molecule has 5 heteroatoms. The molecule has 3 rings (SSSR count). The van der Waals surface area contributed by atoms with E-state index in [1.807, 2.05) is 50.2 Å². The summed E-state index contributed by atoms with van der Waals surface area (Å²) in [7, 11) is 0. The van der Waals surface area contributed by atoms with Gasteiger partial charge in [-0.05, 0) is 67.6 Å². The third-order valence-corrected chi connectivity index (χ3v) is 5.24. The van der Waals surface area contributed by atoms with Gasteiger partial charge in [-0.1, -0.05) is 31.0 Å². The number of nitrogens with one attached hydrogen (secondary N) is 1. The van der Waals surface area contributed by atoms with Crippen LogP contribution in [0, 0.1) is 25.7 Å².